The summed E-state index contributed by atoms with van der Waals surface area (Å²) >= 11 is 1.84. The molecule has 0 saturated carbocycles. The van der Waals surface area contributed by atoms with Crippen LogP contribution in [-0.4, -0.2) is 48.0 Å². The van der Waals surface area contributed by atoms with Gasteiger partial charge in [0.1, 0.15) is 0 Å². The number of nitrogens with zero attached hydrogens (tertiary/aromatic N) is 2. The van der Waals surface area contributed by atoms with Gasteiger partial charge in [-0.05, 0) is 41.3 Å². The number of likely N-dealkylation sites (N-methyl/N-ethyl adjacent to an activating group) is 1. The van der Waals surface area contributed by atoms with Gasteiger partial charge in [-0.1, -0.05) is 11.8 Å². The van der Waals surface area contributed by atoms with Crippen LogP contribution in [0.2, 0.25) is 0 Å². The molecule has 0 radical (unpaired) electrons. The molecule has 3 nitrogen and oxygen atoms in total. The lowest BCUT2D eigenvalue weighted by Gasteiger charge is -2.32. The Labute approximate surface area is 97.7 Å². The molecule has 0 amide bonds. The van der Waals surface area contributed by atoms with Crippen LogP contribution in [0.1, 0.15) is 27.2 Å². The molecule has 0 spiro atoms. The van der Waals surface area contributed by atoms with Gasteiger partial charge in [-0.3, -0.25) is 4.99 Å². The number of rotatable bonds is 3. The van der Waals surface area contributed by atoms with Gasteiger partial charge in [-0.25, -0.2) is 0 Å². The molecule has 1 saturated heterocycles. The van der Waals surface area contributed by atoms with Crippen LogP contribution >= 0.6 is 11.8 Å². The third-order valence-corrected chi connectivity index (χ3v) is 3.27. The van der Waals surface area contributed by atoms with E-state index in [0.717, 1.165) is 11.7 Å². The number of amidine groups is 1. The SMILES string of the molecule is CC(CN(C)C)N=C1NC(C)(C)CCS1. The van der Waals surface area contributed by atoms with Gasteiger partial charge in [0.25, 0.3) is 0 Å². The molecule has 0 aromatic heterocycles. The maximum absolute atomic E-state index is 4.70. The zero-order valence-electron chi connectivity index (χ0n) is 10.5. The molecule has 1 heterocycles. The van der Waals surface area contributed by atoms with Gasteiger partial charge in [-0.15, -0.1) is 0 Å². The molecule has 1 aliphatic rings. The van der Waals surface area contributed by atoms with E-state index in [1.807, 2.05) is 11.8 Å². The van der Waals surface area contributed by atoms with Crippen LogP contribution in [0.4, 0.5) is 0 Å². The first-order valence-electron chi connectivity index (χ1n) is 5.52. The van der Waals surface area contributed by atoms with Crippen LogP contribution in [0.5, 0.6) is 0 Å². The van der Waals surface area contributed by atoms with E-state index in [4.69, 9.17) is 4.99 Å². The summed E-state index contributed by atoms with van der Waals surface area (Å²) in [5.74, 6) is 1.17. The summed E-state index contributed by atoms with van der Waals surface area (Å²) in [6.07, 6.45) is 1.21. The lowest BCUT2D eigenvalue weighted by Crippen LogP contribution is -2.46. The number of aliphatic imine (C=N–C) groups is 1. The molecule has 0 aromatic rings. The van der Waals surface area contributed by atoms with E-state index in [1.54, 1.807) is 0 Å². The highest BCUT2D eigenvalue weighted by molar-refractivity contribution is 8.13. The van der Waals surface area contributed by atoms with Gasteiger partial charge < -0.3 is 10.2 Å². The molecule has 1 atom stereocenters. The van der Waals surface area contributed by atoms with E-state index in [2.05, 4.69) is 45.1 Å². The van der Waals surface area contributed by atoms with Gasteiger partial charge in [-0.2, -0.15) is 0 Å². The smallest absolute Gasteiger partial charge is 0.157 e. The lowest BCUT2D eigenvalue weighted by atomic mass is 10.0. The molecular weight excluding hydrogens is 206 g/mol. The molecule has 1 rings (SSSR count). The molecule has 1 N–H and O–H groups in total. The minimum Gasteiger partial charge on any atom is -0.360 e. The Bertz CT molecular complexity index is 236. The third kappa shape index (κ3) is 4.89. The average molecular weight is 229 g/mol. The van der Waals surface area contributed by atoms with Crippen LogP contribution in [0, 0.1) is 0 Å². The molecule has 0 aliphatic carbocycles. The lowest BCUT2D eigenvalue weighted by molar-refractivity contribution is 0.382. The monoisotopic (exact) mass is 229 g/mol. The topological polar surface area (TPSA) is 27.6 Å². The van der Waals surface area contributed by atoms with Gasteiger partial charge in [0.05, 0.1) is 6.04 Å². The van der Waals surface area contributed by atoms with E-state index >= 15 is 0 Å². The number of hydrogen-bond acceptors (Lipinski definition) is 3. The Morgan fingerprint density at radius 3 is 2.73 bits per heavy atom. The van der Waals surface area contributed by atoms with Crippen LogP contribution in [0.15, 0.2) is 4.99 Å². The van der Waals surface area contributed by atoms with Crippen LogP contribution in [-0.2, 0) is 0 Å². The number of nitrogens with one attached hydrogen (secondary N) is 1. The molecule has 1 unspecified atom stereocenters. The zero-order chi connectivity index (χ0) is 11.5. The first-order valence-corrected chi connectivity index (χ1v) is 6.51. The van der Waals surface area contributed by atoms with Crippen LogP contribution in [0.25, 0.3) is 0 Å². The van der Waals surface area contributed by atoms with E-state index < -0.39 is 0 Å². The highest BCUT2D eigenvalue weighted by Crippen LogP contribution is 2.21. The molecule has 0 bridgehead atoms. The maximum Gasteiger partial charge on any atom is 0.157 e. The number of hydrogen-bond donors (Lipinski definition) is 1. The molecule has 0 aromatic carbocycles. The largest absolute Gasteiger partial charge is 0.360 e. The standard InChI is InChI=1S/C11H23N3S/c1-9(8-14(4)5)12-10-13-11(2,3)6-7-15-10/h9H,6-8H2,1-5H3,(H,12,13). The Morgan fingerprint density at radius 2 is 2.20 bits per heavy atom. The fourth-order valence-corrected chi connectivity index (χ4v) is 3.04. The van der Waals surface area contributed by atoms with Crippen LogP contribution in [0.3, 0.4) is 0 Å². The molecule has 15 heavy (non-hydrogen) atoms. The normalized spacial score (nSPS) is 25.3. The van der Waals surface area contributed by atoms with Crippen molar-refractivity contribution in [3.63, 3.8) is 0 Å². The summed E-state index contributed by atoms with van der Waals surface area (Å²) < 4.78 is 0. The van der Waals surface area contributed by atoms with Crippen LogP contribution < -0.4 is 5.32 Å². The predicted molar refractivity (Wildman–Crippen MR) is 69.7 cm³/mol. The quantitative estimate of drug-likeness (QED) is 0.799. The zero-order valence-corrected chi connectivity index (χ0v) is 11.3. The fraction of sp³-hybridized carbons (Fsp3) is 0.909. The minimum absolute atomic E-state index is 0.210. The van der Waals surface area contributed by atoms with E-state index in [0.29, 0.717) is 6.04 Å². The molecule has 1 fully saturated rings. The highest BCUT2D eigenvalue weighted by Gasteiger charge is 2.24. The van der Waals surface area contributed by atoms with Crippen molar-refractivity contribution in [2.24, 2.45) is 4.99 Å². The summed E-state index contributed by atoms with van der Waals surface area (Å²) in [5.41, 5.74) is 0.210. The summed E-state index contributed by atoms with van der Waals surface area (Å²) in [7, 11) is 4.17. The van der Waals surface area contributed by atoms with Gasteiger partial charge in [0.2, 0.25) is 0 Å². The summed E-state index contributed by atoms with van der Waals surface area (Å²) in [6, 6.07) is 0.365. The predicted octanol–water partition coefficient (Wildman–Crippen LogP) is 1.80. The van der Waals surface area contributed by atoms with Crippen molar-refractivity contribution in [3.05, 3.63) is 0 Å². The van der Waals surface area contributed by atoms with E-state index in [-0.39, 0.29) is 5.54 Å². The maximum atomic E-state index is 4.70. The Hall–Kier alpha value is -0.220. The Kier molecular flexibility index (Phi) is 4.46. The van der Waals surface area contributed by atoms with Crippen molar-refractivity contribution in [2.45, 2.75) is 38.8 Å². The minimum atomic E-state index is 0.210. The summed E-state index contributed by atoms with van der Waals surface area (Å²) in [4.78, 5) is 6.87. The molecule has 88 valence electrons. The van der Waals surface area contributed by atoms with Crippen molar-refractivity contribution in [2.75, 3.05) is 26.4 Å². The first-order chi connectivity index (χ1) is 6.89. The van der Waals surface area contributed by atoms with Gasteiger partial charge in [0.15, 0.2) is 5.17 Å². The fourth-order valence-electron chi connectivity index (χ4n) is 1.63. The second-order valence-electron chi connectivity index (χ2n) is 5.15. The molecule has 4 heteroatoms. The molecule has 1 aliphatic heterocycles. The second kappa shape index (κ2) is 5.21. The van der Waals surface area contributed by atoms with E-state index in [9.17, 15) is 0 Å². The van der Waals surface area contributed by atoms with Crippen molar-refractivity contribution < 1.29 is 0 Å². The average Bonchev–Trinajstić information content (AvgIpc) is 1.99. The molecular formula is C11H23N3S. The van der Waals surface area contributed by atoms with Crippen molar-refractivity contribution in [3.8, 4) is 0 Å². The van der Waals surface area contributed by atoms with Crippen molar-refractivity contribution in [1.82, 2.24) is 10.2 Å². The van der Waals surface area contributed by atoms with E-state index in [1.165, 1.54) is 12.2 Å². The highest BCUT2D eigenvalue weighted by atomic mass is 32.2. The van der Waals surface area contributed by atoms with Crippen molar-refractivity contribution in [1.29, 1.82) is 0 Å². The van der Waals surface area contributed by atoms with Gasteiger partial charge >= 0.3 is 0 Å². The Balaban J connectivity index is 2.51. The second-order valence-corrected chi connectivity index (χ2v) is 6.24. The number of thioether (sulfide) groups is 1. The first kappa shape index (κ1) is 12.8. The van der Waals surface area contributed by atoms with Gasteiger partial charge in [0, 0.05) is 17.8 Å². The summed E-state index contributed by atoms with van der Waals surface area (Å²) in [6.45, 7) is 7.64. The third-order valence-electron chi connectivity index (χ3n) is 2.38. The van der Waals surface area contributed by atoms with Crippen molar-refractivity contribution >= 4 is 16.9 Å². The Morgan fingerprint density at radius 1 is 1.53 bits per heavy atom. The summed E-state index contributed by atoms with van der Waals surface area (Å²) in [5, 5.41) is 4.60.